The predicted molar refractivity (Wildman–Crippen MR) is 62.8 cm³/mol. The van der Waals surface area contributed by atoms with Gasteiger partial charge in [0.05, 0.1) is 6.61 Å². The first-order valence-electron chi connectivity index (χ1n) is 5.12. The molecular weight excluding hydrogens is 192 g/mol. The van der Waals surface area contributed by atoms with E-state index in [0.717, 1.165) is 6.42 Å². The van der Waals surface area contributed by atoms with Crippen molar-refractivity contribution in [3.05, 3.63) is 29.8 Å². The Labute approximate surface area is 90.5 Å². The second-order valence-corrected chi connectivity index (χ2v) is 5.02. The highest BCUT2D eigenvalue weighted by atomic mass is 32.2. The van der Waals surface area contributed by atoms with Crippen molar-refractivity contribution in [1.29, 1.82) is 0 Å². The van der Waals surface area contributed by atoms with Gasteiger partial charge in [0.15, 0.2) is 0 Å². The molecule has 0 aliphatic heterocycles. The van der Waals surface area contributed by atoms with E-state index in [4.69, 9.17) is 5.11 Å². The van der Waals surface area contributed by atoms with Gasteiger partial charge >= 0.3 is 0 Å². The van der Waals surface area contributed by atoms with Crippen molar-refractivity contribution < 1.29 is 5.11 Å². The first-order valence-corrected chi connectivity index (χ1v) is 6.00. The van der Waals surface area contributed by atoms with Crippen molar-refractivity contribution in [2.45, 2.75) is 36.8 Å². The zero-order valence-electron chi connectivity index (χ0n) is 8.86. The van der Waals surface area contributed by atoms with Crippen LogP contribution in [0.15, 0.2) is 29.2 Å². The van der Waals surface area contributed by atoms with E-state index in [1.54, 1.807) is 11.8 Å². The van der Waals surface area contributed by atoms with Gasteiger partial charge in [-0.05, 0) is 24.1 Å². The third-order valence-electron chi connectivity index (χ3n) is 2.06. The number of rotatable bonds is 5. The van der Waals surface area contributed by atoms with Crippen LogP contribution in [0.2, 0.25) is 0 Å². The molecule has 0 saturated heterocycles. The van der Waals surface area contributed by atoms with Crippen LogP contribution in [0.5, 0.6) is 0 Å². The maximum Gasteiger partial charge on any atom is 0.0550 e. The fourth-order valence-electron chi connectivity index (χ4n) is 1.29. The van der Waals surface area contributed by atoms with Gasteiger partial charge < -0.3 is 5.11 Å². The average molecular weight is 210 g/mol. The summed E-state index contributed by atoms with van der Waals surface area (Å²) in [5.41, 5.74) is 1.40. The van der Waals surface area contributed by atoms with Gasteiger partial charge in [0.2, 0.25) is 0 Å². The standard InChI is InChI=1S/C12H18OS/c1-3-4-11-5-7-12(8-6-11)14-10(2)9-13/h5-8,10,13H,3-4,9H2,1-2H3. The maximum absolute atomic E-state index is 8.91. The van der Waals surface area contributed by atoms with Crippen LogP contribution in [0.3, 0.4) is 0 Å². The number of benzene rings is 1. The molecule has 0 amide bonds. The average Bonchev–Trinajstić information content (AvgIpc) is 2.21. The first-order chi connectivity index (χ1) is 6.76. The highest BCUT2D eigenvalue weighted by Gasteiger charge is 2.01. The Morgan fingerprint density at radius 3 is 2.43 bits per heavy atom. The summed E-state index contributed by atoms with van der Waals surface area (Å²) in [6.07, 6.45) is 2.35. The molecule has 1 atom stereocenters. The minimum absolute atomic E-state index is 0.237. The fourth-order valence-corrected chi connectivity index (χ4v) is 2.13. The van der Waals surface area contributed by atoms with Crippen molar-refractivity contribution in [2.75, 3.05) is 6.61 Å². The summed E-state index contributed by atoms with van der Waals surface area (Å²) in [7, 11) is 0. The van der Waals surface area contributed by atoms with Gasteiger partial charge in [0, 0.05) is 10.1 Å². The molecule has 78 valence electrons. The topological polar surface area (TPSA) is 20.2 Å². The molecular formula is C12H18OS. The number of hydrogen-bond donors (Lipinski definition) is 1. The minimum Gasteiger partial charge on any atom is -0.395 e. The second-order valence-electron chi connectivity index (χ2n) is 3.50. The van der Waals surface area contributed by atoms with Crippen LogP contribution in [0.4, 0.5) is 0 Å². The number of hydrogen-bond acceptors (Lipinski definition) is 2. The van der Waals surface area contributed by atoms with E-state index in [1.807, 2.05) is 6.92 Å². The van der Waals surface area contributed by atoms with Gasteiger partial charge in [-0.2, -0.15) is 0 Å². The van der Waals surface area contributed by atoms with Crippen molar-refractivity contribution in [3.8, 4) is 0 Å². The van der Waals surface area contributed by atoms with E-state index >= 15 is 0 Å². The zero-order chi connectivity index (χ0) is 10.4. The lowest BCUT2D eigenvalue weighted by Gasteiger charge is -2.07. The minimum atomic E-state index is 0.237. The third kappa shape index (κ3) is 3.72. The SMILES string of the molecule is CCCc1ccc(SC(C)CO)cc1. The molecule has 0 radical (unpaired) electrons. The van der Waals surface area contributed by atoms with E-state index in [9.17, 15) is 0 Å². The predicted octanol–water partition coefficient (Wildman–Crippen LogP) is 3.11. The smallest absolute Gasteiger partial charge is 0.0550 e. The lowest BCUT2D eigenvalue weighted by Crippen LogP contribution is -2.01. The molecule has 1 aromatic rings. The van der Waals surface area contributed by atoms with Crippen LogP contribution in [-0.2, 0) is 6.42 Å². The first kappa shape index (κ1) is 11.6. The van der Waals surface area contributed by atoms with E-state index in [0.29, 0.717) is 0 Å². The van der Waals surface area contributed by atoms with Gasteiger partial charge in [-0.3, -0.25) is 0 Å². The Hall–Kier alpha value is -0.470. The summed E-state index contributed by atoms with van der Waals surface area (Å²) in [5.74, 6) is 0. The highest BCUT2D eigenvalue weighted by Crippen LogP contribution is 2.23. The van der Waals surface area contributed by atoms with Crippen molar-refractivity contribution in [1.82, 2.24) is 0 Å². The highest BCUT2D eigenvalue weighted by molar-refractivity contribution is 8.00. The molecule has 0 aromatic heterocycles. The Bertz CT molecular complexity index is 256. The second kappa shape index (κ2) is 6.10. The van der Waals surface area contributed by atoms with Gasteiger partial charge in [-0.1, -0.05) is 32.4 Å². The van der Waals surface area contributed by atoms with Gasteiger partial charge in [0.1, 0.15) is 0 Å². The fraction of sp³-hybridized carbons (Fsp3) is 0.500. The molecule has 0 bridgehead atoms. The van der Waals surface area contributed by atoms with Crippen LogP contribution in [0.25, 0.3) is 0 Å². The Balaban J connectivity index is 2.54. The number of thioether (sulfide) groups is 1. The van der Waals surface area contributed by atoms with Gasteiger partial charge in [-0.15, -0.1) is 11.8 Å². The van der Waals surface area contributed by atoms with Crippen molar-refractivity contribution in [2.24, 2.45) is 0 Å². The van der Waals surface area contributed by atoms with Crippen LogP contribution in [0.1, 0.15) is 25.8 Å². The Morgan fingerprint density at radius 1 is 1.29 bits per heavy atom. The molecule has 1 nitrogen and oxygen atoms in total. The number of aliphatic hydroxyl groups excluding tert-OH is 1. The molecule has 14 heavy (non-hydrogen) atoms. The molecule has 2 heteroatoms. The van der Waals surface area contributed by atoms with E-state index < -0.39 is 0 Å². The Kier molecular flexibility index (Phi) is 5.05. The number of aryl methyl sites for hydroxylation is 1. The number of aliphatic hydroxyl groups is 1. The summed E-state index contributed by atoms with van der Waals surface area (Å²) < 4.78 is 0. The lowest BCUT2D eigenvalue weighted by molar-refractivity contribution is 0.300. The third-order valence-corrected chi connectivity index (χ3v) is 3.15. The summed E-state index contributed by atoms with van der Waals surface area (Å²) in [6, 6.07) is 8.63. The summed E-state index contributed by atoms with van der Waals surface area (Å²) >= 11 is 1.72. The van der Waals surface area contributed by atoms with Crippen molar-refractivity contribution >= 4 is 11.8 Å². The van der Waals surface area contributed by atoms with Crippen LogP contribution in [-0.4, -0.2) is 17.0 Å². The van der Waals surface area contributed by atoms with Crippen LogP contribution in [0, 0.1) is 0 Å². The normalized spacial score (nSPS) is 12.8. The zero-order valence-corrected chi connectivity index (χ0v) is 9.68. The maximum atomic E-state index is 8.91. The van der Waals surface area contributed by atoms with E-state index in [2.05, 4.69) is 31.2 Å². The largest absolute Gasteiger partial charge is 0.395 e. The molecule has 0 spiro atoms. The Morgan fingerprint density at radius 2 is 1.93 bits per heavy atom. The molecule has 1 rings (SSSR count). The van der Waals surface area contributed by atoms with Crippen LogP contribution < -0.4 is 0 Å². The molecule has 1 N–H and O–H groups in total. The molecule has 1 aromatic carbocycles. The lowest BCUT2D eigenvalue weighted by atomic mass is 10.1. The van der Waals surface area contributed by atoms with E-state index in [1.165, 1.54) is 16.9 Å². The summed E-state index contributed by atoms with van der Waals surface area (Å²) in [4.78, 5) is 1.24. The molecule has 0 heterocycles. The van der Waals surface area contributed by atoms with Gasteiger partial charge in [0.25, 0.3) is 0 Å². The monoisotopic (exact) mass is 210 g/mol. The van der Waals surface area contributed by atoms with E-state index in [-0.39, 0.29) is 11.9 Å². The van der Waals surface area contributed by atoms with Crippen LogP contribution >= 0.6 is 11.8 Å². The molecule has 0 aliphatic rings. The quantitative estimate of drug-likeness (QED) is 0.754. The molecule has 1 unspecified atom stereocenters. The molecule has 0 saturated carbocycles. The van der Waals surface area contributed by atoms with Gasteiger partial charge in [-0.25, -0.2) is 0 Å². The molecule has 0 aliphatic carbocycles. The summed E-state index contributed by atoms with van der Waals surface area (Å²) in [6.45, 7) is 4.46. The van der Waals surface area contributed by atoms with Crippen molar-refractivity contribution in [3.63, 3.8) is 0 Å². The summed E-state index contributed by atoms with van der Waals surface area (Å²) in [5, 5.41) is 9.20. The molecule has 0 fully saturated rings.